The molecule has 1 amide bonds. The minimum absolute atomic E-state index is 0.0251. The maximum atomic E-state index is 11.4. The molecule has 0 saturated heterocycles. The van der Waals surface area contributed by atoms with Gasteiger partial charge in [0.05, 0.1) is 5.56 Å². The minimum Gasteiger partial charge on any atom is -0.508 e. The first-order chi connectivity index (χ1) is 11.5. The maximum absolute atomic E-state index is 11.4. The van der Waals surface area contributed by atoms with E-state index in [1.165, 1.54) is 12.1 Å². The van der Waals surface area contributed by atoms with Crippen LogP contribution in [0.15, 0.2) is 47.0 Å². The molecule has 3 rings (SSSR count). The van der Waals surface area contributed by atoms with Gasteiger partial charge in [0.2, 0.25) is 0 Å². The van der Waals surface area contributed by atoms with Crippen molar-refractivity contribution < 1.29 is 19.5 Å². The lowest BCUT2D eigenvalue weighted by molar-refractivity contribution is 0.0998. The molecule has 0 aliphatic carbocycles. The van der Waals surface area contributed by atoms with E-state index in [9.17, 15) is 15.0 Å². The van der Waals surface area contributed by atoms with Crippen LogP contribution in [0.4, 0.5) is 0 Å². The van der Waals surface area contributed by atoms with Crippen molar-refractivity contribution in [2.45, 2.75) is 13.3 Å². The van der Waals surface area contributed by atoms with Gasteiger partial charge in [0.15, 0.2) is 5.76 Å². The molecule has 0 fully saturated rings. The van der Waals surface area contributed by atoms with Crippen molar-refractivity contribution in [1.29, 1.82) is 0 Å². The molecule has 0 aliphatic rings. The van der Waals surface area contributed by atoms with Crippen LogP contribution in [0.5, 0.6) is 11.5 Å². The topological polar surface area (TPSA) is 110 Å². The van der Waals surface area contributed by atoms with Crippen LogP contribution in [0.2, 0.25) is 0 Å². The van der Waals surface area contributed by atoms with Gasteiger partial charge in [-0.05, 0) is 48.9 Å². The number of amides is 1. The zero-order valence-electron chi connectivity index (χ0n) is 13.0. The van der Waals surface area contributed by atoms with Crippen LogP contribution in [0.1, 0.15) is 22.8 Å². The van der Waals surface area contributed by atoms with E-state index in [1.54, 1.807) is 30.3 Å². The molecule has 0 saturated carbocycles. The molecule has 0 bridgehead atoms. The van der Waals surface area contributed by atoms with Crippen molar-refractivity contribution in [2.75, 3.05) is 0 Å². The van der Waals surface area contributed by atoms with Crippen LogP contribution < -0.4 is 5.73 Å². The highest BCUT2D eigenvalue weighted by atomic mass is 16.5. The summed E-state index contributed by atoms with van der Waals surface area (Å²) in [6.07, 6.45) is 0.655. The number of carbonyl (C=O) groups is 1. The van der Waals surface area contributed by atoms with E-state index in [1.807, 2.05) is 6.92 Å². The Bertz CT molecular complexity index is 898. The molecular weight excluding hydrogens is 308 g/mol. The monoisotopic (exact) mass is 324 g/mol. The van der Waals surface area contributed by atoms with Crippen molar-refractivity contribution in [3.63, 3.8) is 0 Å². The molecule has 0 aliphatic heterocycles. The SMILES string of the molecule is CCc1c(-c2ccc(O)cc2)noc1-c1ccc(O)c(C(N)=O)c1. The van der Waals surface area contributed by atoms with Crippen LogP contribution in [0, 0.1) is 0 Å². The molecule has 3 aromatic rings. The molecule has 2 aromatic carbocycles. The molecule has 6 nitrogen and oxygen atoms in total. The number of primary amides is 1. The molecule has 6 heteroatoms. The summed E-state index contributed by atoms with van der Waals surface area (Å²) < 4.78 is 5.49. The third-order valence-electron chi connectivity index (χ3n) is 3.81. The summed E-state index contributed by atoms with van der Waals surface area (Å²) in [4.78, 5) is 11.4. The van der Waals surface area contributed by atoms with Gasteiger partial charge in [0.1, 0.15) is 17.2 Å². The standard InChI is InChI=1S/C18H16N2O4/c1-2-13-16(10-3-6-12(21)7-4-10)20-24-17(13)11-5-8-15(22)14(9-11)18(19)23/h3-9,21-22H,2H2,1H3,(H2,19,23). The van der Waals surface area contributed by atoms with E-state index in [0.717, 1.165) is 11.1 Å². The predicted octanol–water partition coefficient (Wildman–Crippen LogP) is 3.08. The van der Waals surface area contributed by atoms with Gasteiger partial charge in [-0.1, -0.05) is 12.1 Å². The van der Waals surface area contributed by atoms with E-state index in [-0.39, 0.29) is 17.1 Å². The average molecular weight is 324 g/mol. The van der Waals surface area contributed by atoms with Crippen molar-refractivity contribution in [3.8, 4) is 34.1 Å². The highest BCUT2D eigenvalue weighted by Gasteiger charge is 2.19. The summed E-state index contributed by atoms with van der Waals surface area (Å²) in [7, 11) is 0. The summed E-state index contributed by atoms with van der Waals surface area (Å²) >= 11 is 0. The second kappa shape index (κ2) is 6.08. The maximum Gasteiger partial charge on any atom is 0.252 e. The smallest absolute Gasteiger partial charge is 0.252 e. The number of rotatable bonds is 4. The fourth-order valence-corrected chi connectivity index (χ4v) is 2.58. The van der Waals surface area contributed by atoms with E-state index in [0.29, 0.717) is 23.4 Å². The lowest BCUT2D eigenvalue weighted by atomic mass is 9.99. The van der Waals surface area contributed by atoms with Crippen LogP contribution in [0.3, 0.4) is 0 Å². The fourth-order valence-electron chi connectivity index (χ4n) is 2.58. The van der Waals surface area contributed by atoms with Gasteiger partial charge in [0, 0.05) is 16.7 Å². The van der Waals surface area contributed by atoms with Gasteiger partial charge < -0.3 is 20.5 Å². The summed E-state index contributed by atoms with van der Waals surface area (Å²) in [5.41, 5.74) is 8.25. The Hall–Kier alpha value is -3.28. The number of carbonyl (C=O) groups excluding carboxylic acids is 1. The Morgan fingerprint density at radius 2 is 1.79 bits per heavy atom. The quantitative estimate of drug-likeness (QED) is 0.683. The van der Waals surface area contributed by atoms with Crippen molar-refractivity contribution in [1.82, 2.24) is 5.16 Å². The molecule has 0 spiro atoms. The number of aromatic hydroxyl groups is 2. The highest BCUT2D eigenvalue weighted by molar-refractivity contribution is 5.96. The number of benzene rings is 2. The number of hydrogen-bond donors (Lipinski definition) is 3. The molecule has 1 heterocycles. The fraction of sp³-hybridized carbons (Fsp3) is 0.111. The van der Waals surface area contributed by atoms with E-state index in [2.05, 4.69) is 5.16 Å². The summed E-state index contributed by atoms with van der Waals surface area (Å²) in [5.74, 6) is -0.207. The molecule has 4 N–H and O–H groups in total. The second-order valence-electron chi connectivity index (χ2n) is 5.34. The Kier molecular flexibility index (Phi) is 3.95. The number of aromatic nitrogens is 1. The summed E-state index contributed by atoms with van der Waals surface area (Å²) in [6, 6.07) is 11.2. The Morgan fingerprint density at radius 3 is 2.42 bits per heavy atom. The number of nitrogens with two attached hydrogens (primary N) is 1. The van der Waals surface area contributed by atoms with Crippen molar-refractivity contribution >= 4 is 5.91 Å². The largest absolute Gasteiger partial charge is 0.508 e. The second-order valence-corrected chi connectivity index (χ2v) is 5.34. The molecule has 0 atom stereocenters. The Morgan fingerprint density at radius 1 is 1.12 bits per heavy atom. The summed E-state index contributed by atoms with van der Waals surface area (Å²) in [5, 5.41) is 23.3. The Labute approximate surface area is 138 Å². The van der Waals surface area contributed by atoms with Crippen LogP contribution in [-0.4, -0.2) is 21.3 Å². The van der Waals surface area contributed by atoms with Crippen molar-refractivity contribution in [3.05, 3.63) is 53.6 Å². The molecular formula is C18H16N2O4. The molecule has 122 valence electrons. The highest BCUT2D eigenvalue weighted by Crippen LogP contribution is 2.34. The molecule has 1 aromatic heterocycles. The van der Waals surface area contributed by atoms with E-state index >= 15 is 0 Å². The first kappa shape index (κ1) is 15.6. The minimum atomic E-state index is -0.717. The van der Waals surface area contributed by atoms with Gasteiger partial charge in [-0.25, -0.2) is 0 Å². The van der Waals surface area contributed by atoms with Gasteiger partial charge in [-0.15, -0.1) is 0 Å². The first-order valence-corrected chi connectivity index (χ1v) is 7.42. The zero-order valence-corrected chi connectivity index (χ0v) is 13.0. The molecule has 24 heavy (non-hydrogen) atoms. The van der Waals surface area contributed by atoms with Gasteiger partial charge >= 0.3 is 0 Å². The van der Waals surface area contributed by atoms with Crippen molar-refractivity contribution in [2.24, 2.45) is 5.73 Å². The predicted molar refractivity (Wildman–Crippen MR) is 88.6 cm³/mol. The van der Waals surface area contributed by atoms with Crippen LogP contribution in [0.25, 0.3) is 22.6 Å². The van der Waals surface area contributed by atoms with Gasteiger partial charge in [-0.2, -0.15) is 0 Å². The van der Waals surface area contributed by atoms with Gasteiger partial charge in [-0.3, -0.25) is 4.79 Å². The number of phenolic OH excluding ortho intramolecular Hbond substituents is 1. The third-order valence-corrected chi connectivity index (χ3v) is 3.81. The van der Waals surface area contributed by atoms with Crippen LogP contribution in [-0.2, 0) is 6.42 Å². The average Bonchev–Trinajstić information content (AvgIpc) is 2.99. The number of phenols is 2. The number of hydrogen-bond acceptors (Lipinski definition) is 5. The summed E-state index contributed by atoms with van der Waals surface area (Å²) in [6.45, 7) is 1.97. The van der Waals surface area contributed by atoms with Crippen LogP contribution >= 0.6 is 0 Å². The normalized spacial score (nSPS) is 10.7. The Balaban J connectivity index is 2.12. The third kappa shape index (κ3) is 2.69. The lowest BCUT2D eigenvalue weighted by Gasteiger charge is -2.05. The molecule has 0 radical (unpaired) electrons. The first-order valence-electron chi connectivity index (χ1n) is 7.42. The van der Waals surface area contributed by atoms with E-state index < -0.39 is 5.91 Å². The zero-order chi connectivity index (χ0) is 17.3. The number of nitrogens with zero attached hydrogens (tertiary/aromatic N) is 1. The van der Waals surface area contributed by atoms with Gasteiger partial charge in [0.25, 0.3) is 5.91 Å². The lowest BCUT2D eigenvalue weighted by Crippen LogP contribution is -2.11. The molecule has 0 unspecified atom stereocenters. The van der Waals surface area contributed by atoms with E-state index in [4.69, 9.17) is 10.3 Å².